The van der Waals surface area contributed by atoms with E-state index >= 15 is 0 Å². The molecule has 2 heterocycles. The largest absolute Gasteiger partial charge is 0.266 e. The van der Waals surface area contributed by atoms with Gasteiger partial charge < -0.3 is 0 Å². The summed E-state index contributed by atoms with van der Waals surface area (Å²) in [6.07, 6.45) is 2.23. The number of nitrogens with one attached hydrogen (secondary N) is 1. The fourth-order valence-electron chi connectivity index (χ4n) is 0.952. The normalized spacial score (nSPS) is 11.4. The molecule has 2 rings (SSSR count). The Bertz CT molecular complexity index is 624. The van der Waals surface area contributed by atoms with Crippen LogP contribution in [0.3, 0.4) is 0 Å². The number of aryl methyl sites for hydroxylation is 1. The summed E-state index contributed by atoms with van der Waals surface area (Å²) in [7, 11) is -3.74. The fourth-order valence-corrected chi connectivity index (χ4v) is 2.74. The average molecular weight is 292 g/mol. The highest BCUT2D eigenvalue weighted by Gasteiger charge is 2.17. The minimum Gasteiger partial charge on any atom is -0.253 e. The molecule has 2 aromatic rings. The van der Waals surface area contributed by atoms with Crippen LogP contribution in [0.2, 0.25) is 5.28 Å². The Hall–Kier alpha value is -1.32. The molecule has 0 unspecified atom stereocenters. The summed E-state index contributed by atoms with van der Waals surface area (Å²) in [6.45, 7) is 1.67. The van der Waals surface area contributed by atoms with Crippen LogP contribution >= 0.6 is 23.1 Å². The van der Waals surface area contributed by atoms with Crippen molar-refractivity contribution >= 4 is 38.3 Å². The van der Waals surface area contributed by atoms with E-state index in [-0.39, 0.29) is 15.3 Å². The van der Waals surface area contributed by atoms with Gasteiger partial charge in [-0.1, -0.05) is 0 Å². The lowest BCUT2D eigenvalue weighted by atomic mass is 10.7. The van der Waals surface area contributed by atoms with Crippen LogP contribution in [0.15, 0.2) is 17.3 Å². The molecule has 10 heteroatoms. The first-order chi connectivity index (χ1) is 7.97. The number of sulfonamides is 1. The van der Waals surface area contributed by atoms with Crippen molar-refractivity contribution in [1.29, 1.82) is 0 Å². The summed E-state index contributed by atoms with van der Waals surface area (Å²) in [6, 6.07) is 0. The van der Waals surface area contributed by atoms with Crippen LogP contribution in [0, 0.1) is 6.92 Å². The Balaban J connectivity index is 2.28. The van der Waals surface area contributed by atoms with Crippen LogP contribution < -0.4 is 4.72 Å². The quantitative estimate of drug-likeness (QED) is 0.850. The van der Waals surface area contributed by atoms with Crippen LogP contribution in [-0.4, -0.2) is 27.7 Å². The number of aromatic nitrogens is 4. The second-order valence-electron chi connectivity index (χ2n) is 2.94. The Morgan fingerprint density at radius 1 is 1.35 bits per heavy atom. The van der Waals surface area contributed by atoms with Gasteiger partial charge in [-0.25, -0.2) is 23.4 Å². The van der Waals surface area contributed by atoms with E-state index in [4.69, 9.17) is 11.6 Å². The lowest BCUT2D eigenvalue weighted by Gasteiger charge is -2.03. The van der Waals surface area contributed by atoms with Gasteiger partial charge in [0.05, 0.1) is 12.4 Å². The Morgan fingerprint density at radius 3 is 2.53 bits per heavy atom. The number of nitrogens with zero attached hydrogens (tertiary/aromatic N) is 4. The monoisotopic (exact) mass is 291 g/mol. The summed E-state index contributed by atoms with van der Waals surface area (Å²) in [5.74, 6) is 0.500. The first-order valence-electron chi connectivity index (χ1n) is 4.28. The maximum atomic E-state index is 11.8. The molecule has 0 aliphatic heterocycles. The molecule has 0 aromatic carbocycles. The van der Waals surface area contributed by atoms with Crippen molar-refractivity contribution in [2.24, 2.45) is 0 Å². The Morgan fingerprint density at radius 2 is 2.00 bits per heavy atom. The molecule has 0 fully saturated rings. The van der Waals surface area contributed by atoms with E-state index in [0.717, 1.165) is 23.9 Å². The molecular formula is C7H6ClN5O2S2. The maximum absolute atomic E-state index is 11.8. The molecule has 0 radical (unpaired) electrons. The highest BCUT2D eigenvalue weighted by atomic mass is 35.5. The SMILES string of the molecule is Cc1nsc(NS(=O)(=O)c2cnc(Cl)nc2)n1. The smallest absolute Gasteiger partial charge is 0.253 e. The molecule has 0 saturated heterocycles. The fraction of sp³-hybridized carbons (Fsp3) is 0.143. The molecule has 17 heavy (non-hydrogen) atoms. The molecule has 0 aliphatic rings. The van der Waals surface area contributed by atoms with E-state index in [2.05, 4.69) is 24.0 Å². The number of hydrogen-bond donors (Lipinski definition) is 1. The standard InChI is InChI=1S/C7H6ClN5O2S2/c1-4-11-7(16-12-4)13-17(14,15)5-2-9-6(8)10-3-5/h2-3H,1H3,(H,11,12,13). The number of anilines is 1. The third-order valence-electron chi connectivity index (χ3n) is 1.66. The van der Waals surface area contributed by atoms with Gasteiger partial charge in [-0.2, -0.15) is 4.37 Å². The Kier molecular flexibility index (Phi) is 3.22. The van der Waals surface area contributed by atoms with Crippen molar-refractivity contribution < 1.29 is 8.42 Å². The second-order valence-corrected chi connectivity index (χ2v) is 5.71. The Labute approximate surface area is 106 Å². The molecule has 2 aromatic heterocycles. The van der Waals surface area contributed by atoms with E-state index < -0.39 is 10.0 Å². The summed E-state index contributed by atoms with van der Waals surface area (Å²) in [5, 5.41) is 0.174. The highest BCUT2D eigenvalue weighted by Crippen LogP contribution is 2.16. The first kappa shape index (κ1) is 12.1. The molecule has 0 bridgehead atoms. The first-order valence-corrected chi connectivity index (χ1v) is 6.91. The predicted octanol–water partition coefficient (Wildman–Crippen LogP) is 1.09. The molecular weight excluding hydrogens is 286 g/mol. The number of hydrogen-bond acceptors (Lipinski definition) is 7. The molecule has 0 spiro atoms. The minimum absolute atomic E-state index is 0.0179. The van der Waals surface area contributed by atoms with Crippen molar-refractivity contribution in [1.82, 2.24) is 19.3 Å². The lowest BCUT2D eigenvalue weighted by Crippen LogP contribution is -2.13. The van der Waals surface area contributed by atoms with Crippen molar-refractivity contribution in [2.45, 2.75) is 11.8 Å². The van der Waals surface area contributed by atoms with E-state index in [1.807, 2.05) is 0 Å². The van der Waals surface area contributed by atoms with Gasteiger partial charge in [0.15, 0.2) is 0 Å². The average Bonchev–Trinajstić information content (AvgIpc) is 2.63. The van der Waals surface area contributed by atoms with E-state index in [0.29, 0.717) is 5.82 Å². The van der Waals surface area contributed by atoms with Crippen LogP contribution in [0.25, 0.3) is 0 Å². The number of halogens is 1. The van der Waals surface area contributed by atoms with Crippen molar-refractivity contribution in [3.63, 3.8) is 0 Å². The van der Waals surface area contributed by atoms with Gasteiger partial charge in [-0.15, -0.1) is 0 Å². The summed E-state index contributed by atoms with van der Waals surface area (Å²) >= 11 is 6.42. The summed E-state index contributed by atoms with van der Waals surface area (Å²) < 4.78 is 29.8. The van der Waals surface area contributed by atoms with Gasteiger partial charge >= 0.3 is 0 Å². The molecule has 0 amide bonds. The van der Waals surface area contributed by atoms with E-state index in [1.54, 1.807) is 6.92 Å². The second kappa shape index (κ2) is 4.51. The molecule has 1 N–H and O–H groups in total. The molecule has 90 valence electrons. The maximum Gasteiger partial charge on any atom is 0.266 e. The molecule has 0 saturated carbocycles. The number of rotatable bonds is 3. The van der Waals surface area contributed by atoms with Crippen molar-refractivity contribution in [3.8, 4) is 0 Å². The topological polar surface area (TPSA) is 97.7 Å². The third kappa shape index (κ3) is 2.87. The van der Waals surface area contributed by atoms with Crippen molar-refractivity contribution in [3.05, 3.63) is 23.5 Å². The van der Waals surface area contributed by atoms with Gasteiger partial charge in [0.25, 0.3) is 10.0 Å². The van der Waals surface area contributed by atoms with Gasteiger partial charge in [-0.3, -0.25) is 4.72 Å². The van der Waals surface area contributed by atoms with Crippen LogP contribution in [0.1, 0.15) is 5.82 Å². The molecule has 0 atom stereocenters. The highest BCUT2D eigenvalue weighted by molar-refractivity contribution is 7.92. The van der Waals surface area contributed by atoms with Gasteiger partial charge in [0, 0.05) is 11.5 Å². The van der Waals surface area contributed by atoms with Crippen LogP contribution in [0.5, 0.6) is 0 Å². The van der Waals surface area contributed by atoms with Crippen LogP contribution in [-0.2, 0) is 10.0 Å². The van der Waals surface area contributed by atoms with E-state index in [1.165, 1.54) is 0 Å². The van der Waals surface area contributed by atoms with Crippen LogP contribution in [0.4, 0.5) is 5.13 Å². The van der Waals surface area contributed by atoms with Gasteiger partial charge in [0.1, 0.15) is 10.7 Å². The molecule has 0 aliphatic carbocycles. The zero-order valence-electron chi connectivity index (χ0n) is 8.45. The van der Waals surface area contributed by atoms with E-state index in [9.17, 15) is 8.42 Å². The van der Waals surface area contributed by atoms with Crippen molar-refractivity contribution in [2.75, 3.05) is 4.72 Å². The van der Waals surface area contributed by atoms with Gasteiger partial charge in [-0.05, 0) is 18.5 Å². The zero-order chi connectivity index (χ0) is 12.5. The van der Waals surface area contributed by atoms with Gasteiger partial charge in [0.2, 0.25) is 10.4 Å². The minimum atomic E-state index is -3.74. The molecule has 7 nitrogen and oxygen atoms in total. The predicted molar refractivity (Wildman–Crippen MR) is 62.5 cm³/mol. The third-order valence-corrected chi connectivity index (χ3v) is 4.00. The lowest BCUT2D eigenvalue weighted by molar-refractivity contribution is 0.600. The summed E-state index contributed by atoms with van der Waals surface area (Å²) in [4.78, 5) is 11.0. The summed E-state index contributed by atoms with van der Waals surface area (Å²) in [5.41, 5.74) is 0. The zero-order valence-corrected chi connectivity index (χ0v) is 10.8.